The molecule has 0 bridgehead atoms. The predicted octanol–water partition coefficient (Wildman–Crippen LogP) is 3.01. The zero-order valence-electron chi connectivity index (χ0n) is 19.7. The van der Waals surface area contributed by atoms with E-state index >= 15 is 0 Å². The van der Waals surface area contributed by atoms with Crippen molar-refractivity contribution in [2.45, 2.75) is 12.1 Å². The number of pyridine rings is 1. The Morgan fingerprint density at radius 1 is 0.973 bits per heavy atom. The number of benzene rings is 2. The quantitative estimate of drug-likeness (QED) is 0.408. The van der Waals surface area contributed by atoms with E-state index in [4.69, 9.17) is 10.5 Å². The molecule has 4 aromatic rings. The fourth-order valence-corrected chi connectivity index (χ4v) is 5.25. The summed E-state index contributed by atoms with van der Waals surface area (Å²) in [6.45, 7) is 1.77. The number of carbonyl (C=O) groups is 2. The second kappa shape index (κ2) is 8.17. The molecular formula is C27H23N7O3. The highest BCUT2D eigenvalue weighted by molar-refractivity contribution is 6.21. The van der Waals surface area contributed by atoms with Crippen molar-refractivity contribution in [3.8, 4) is 11.6 Å². The number of fused-ring (bicyclic) bond motifs is 2. The molecule has 10 heteroatoms. The molecule has 0 saturated carbocycles. The van der Waals surface area contributed by atoms with Crippen LogP contribution in [0.2, 0.25) is 0 Å². The molecule has 5 heterocycles. The molecule has 7 rings (SSSR count). The fraction of sp³-hybridized carbons (Fsp3) is 0.185. The normalized spacial score (nSPS) is 18.9. The summed E-state index contributed by atoms with van der Waals surface area (Å²) in [6, 6.07) is 18.3. The maximum absolute atomic E-state index is 12.8. The van der Waals surface area contributed by atoms with Crippen LogP contribution in [0.3, 0.4) is 0 Å². The molecule has 3 N–H and O–H groups in total. The smallest absolute Gasteiger partial charge is 0.261 e. The molecule has 0 radical (unpaired) electrons. The van der Waals surface area contributed by atoms with Crippen LogP contribution in [0, 0.1) is 0 Å². The van der Waals surface area contributed by atoms with Crippen molar-refractivity contribution >= 4 is 29.0 Å². The molecule has 2 amide bonds. The Hall–Kier alpha value is -4.70. The zero-order valence-corrected chi connectivity index (χ0v) is 19.7. The highest BCUT2D eigenvalue weighted by Gasteiger charge is 2.47. The van der Waals surface area contributed by atoms with E-state index in [1.54, 1.807) is 41.2 Å². The number of imide groups is 1. The monoisotopic (exact) mass is 493 g/mol. The molecule has 3 aliphatic rings. The standard InChI is InChI=1S/C27H23N7O3/c28-21-8-9-24(33-11-3-10-29-33)31-25(21)30-16-6-7-20-22(15-37-23(20)12-16)32-13-17(14-32)34-26(35)18-4-1-2-5-19(18)27(34)36/h1-12,17,22H,13-15,28H2,(H,30,31)/t22-/m0/s1. The number of likely N-dealkylation sites (tertiary alicyclic amines) is 1. The number of amides is 2. The number of rotatable bonds is 5. The first-order valence-corrected chi connectivity index (χ1v) is 12.1. The van der Waals surface area contributed by atoms with E-state index in [0.29, 0.717) is 48.1 Å². The third-order valence-electron chi connectivity index (χ3n) is 7.20. The number of hydrogen-bond donors (Lipinski definition) is 2. The minimum atomic E-state index is -0.200. The maximum atomic E-state index is 12.8. The molecule has 184 valence electrons. The second-order valence-electron chi connectivity index (χ2n) is 9.40. The zero-order chi connectivity index (χ0) is 25.1. The van der Waals surface area contributed by atoms with Gasteiger partial charge >= 0.3 is 0 Å². The Morgan fingerprint density at radius 2 is 1.76 bits per heavy atom. The lowest BCUT2D eigenvalue weighted by molar-refractivity contribution is 0.00764. The minimum Gasteiger partial charge on any atom is -0.491 e. The molecule has 0 aliphatic carbocycles. The highest BCUT2D eigenvalue weighted by atomic mass is 16.5. The van der Waals surface area contributed by atoms with Gasteiger partial charge in [-0.3, -0.25) is 19.4 Å². The van der Waals surface area contributed by atoms with Crippen molar-refractivity contribution in [1.29, 1.82) is 0 Å². The maximum Gasteiger partial charge on any atom is 0.261 e. The van der Waals surface area contributed by atoms with Crippen LogP contribution in [0.15, 0.2) is 73.1 Å². The van der Waals surface area contributed by atoms with Gasteiger partial charge in [-0.1, -0.05) is 18.2 Å². The predicted molar refractivity (Wildman–Crippen MR) is 136 cm³/mol. The van der Waals surface area contributed by atoms with Crippen molar-refractivity contribution in [2.24, 2.45) is 0 Å². The molecule has 0 spiro atoms. The summed E-state index contributed by atoms with van der Waals surface area (Å²) in [7, 11) is 0. The van der Waals surface area contributed by atoms with Gasteiger partial charge in [-0.25, -0.2) is 9.67 Å². The van der Waals surface area contributed by atoms with E-state index in [0.717, 1.165) is 17.0 Å². The van der Waals surface area contributed by atoms with Crippen molar-refractivity contribution in [3.63, 3.8) is 0 Å². The van der Waals surface area contributed by atoms with Crippen LogP contribution in [0.5, 0.6) is 5.75 Å². The van der Waals surface area contributed by atoms with E-state index < -0.39 is 0 Å². The number of nitrogen functional groups attached to an aromatic ring is 1. The number of aromatic nitrogens is 3. The Kier molecular flexibility index (Phi) is 4.76. The van der Waals surface area contributed by atoms with Crippen molar-refractivity contribution < 1.29 is 14.3 Å². The summed E-state index contributed by atoms with van der Waals surface area (Å²) in [5.41, 5.74) is 9.55. The summed E-state index contributed by atoms with van der Waals surface area (Å²) in [6.07, 6.45) is 3.51. The summed E-state index contributed by atoms with van der Waals surface area (Å²) < 4.78 is 7.69. The van der Waals surface area contributed by atoms with Gasteiger partial charge in [0, 0.05) is 42.8 Å². The van der Waals surface area contributed by atoms with Crippen molar-refractivity contribution in [3.05, 3.63) is 89.7 Å². The van der Waals surface area contributed by atoms with Crippen LogP contribution in [-0.2, 0) is 0 Å². The lowest BCUT2D eigenvalue weighted by atomic mass is 9.99. The molecule has 1 saturated heterocycles. The van der Waals surface area contributed by atoms with E-state index in [1.807, 2.05) is 36.5 Å². The SMILES string of the molecule is Nc1ccc(-n2cccn2)nc1Nc1ccc2c(c1)OC[C@@H]2N1CC(N2C(=O)c3ccccc3C2=O)C1. The fourth-order valence-electron chi connectivity index (χ4n) is 5.25. The molecule has 37 heavy (non-hydrogen) atoms. The third-order valence-corrected chi connectivity index (χ3v) is 7.20. The molecule has 0 unspecified atom stereocenters. The van der Waals surface area contributed by atoms with Gasteiger partial charge in [0.15, 0.2) is 11.6 Å². The number of nitrogens with zero attached hydrogens (tertiary/aromatic N) is 5. The van der Waals surface area contributed by atoms with E-state index in [2.05, 4.69) is 20.3 Å². The lowest BCUT2D eigenvalue weighted by Crippen LogP contribution is -2.61. The van der Waals surface area contributed by atoms with Crippen molar-refractivity contribution in [2.75, 3.05) is 30.7 Å². The first-order valence-electron chi connectivity index (χ1n) is 12.1. The molecule has 1 fully saturated rings. The molecule has 1 atom stereocenters. The average molecular weight is 494 g/mol. The van der Waals surface area contributed by atoms with E-state index in [1.165, 1.54) is 4.90 Å². The summed E-state index contributed by atoms with van der Waals surface area (Å²) in [4.78, 5) is 33.9. The summed E-state index contributed by atoms with van der Waals surface area (Å²) in [5.74, 6) is 1.58. The lowest BCUT2D eigenvalue weighted by Gasteiger charge is -2.45. The topological polar surface area (TPSA) is 119 Å². The van der Waals surface area contributed by atoms with Crippen molar-refractivity contribution in [1.82, 2.24) is 24.6 Å². The molecule has 2 aromatic heterocycles. The van der Waals surface area contributed by atoms with Crippen LogP contribution in [-0.4, -0.2) is 62.1 Å². The number of nitrogens with two attached hydrogens (primary N) is 1. The molecule has 3 aliphatic heterocycles. The van der Waals surface area contributed by atoms with Crippen LogP contribution in [0.4, 0.5) is 17.2 Å². The summed E-state index contributed by atoms with van der Waals surface area (Å²) in [5, 5.41) is 7.51. The number of hydrogen-bond acceptors (Lipinski definition) is 8. The van der Waals surface area contributed by atoms with Gasteiger partial charge in [0.05, 0.1) is 28.9 Å². The Bertz CT molecular complexity index is 1510. The highest BCUT2D eigenvalue weighted by Crippen LogP contribution is 2.41. The van der Waals surface area contributed by atoms with Gasteiger partial charge in [0.1, 0.15) is 12.4 Å². The van der Waals surface area contributed by atoms with Gasteiger partial charge in [0.2, 0.25) is 0 Å². The van der Waals surface area contributed by atoms with Crippen LogP contribution in [0.25, 0.3) is 5.82 Å². The average Bonchev–Trinajstić information content (AvgIpc) is 3.61. The van der Waals surface area contributed by atoms with Gasteiger partial charge in [-0.15, -0.1) is 0 Å². The third kappa shape index (κ3) is 3.45. The largest absolute Gasteiger partial charge is 0.491 e. The van der Waals surface area contributed by atoms with Gasteiger partial charge in [-0.2, -0.15) is 5.10 Å². The van der Waals surface area contributed by atoms with Crippen LogP contribution >= 0.6 is 0 Å². The van der Waals surface area contributed by atoms with Gasteiger partial charge < -0.3 is 15.8 Å². The van der Waals surface area contributed by atoms with E-state index in [-0.39, 0.29) is 23.9 Å². The molecule has 2 aromatic carbocycles. The van der Waals surface area contributed by atoms with E-state index in [9.17, 15) is 9.59 Å². The number of anilines is 3. The van der Waals surface area contributed by atoms with Crippen LogP contribution in [0.1, 0.15) is 32.3 Å². The number of nitrogens with one attached hydrogen (secondary N) is 1. The first-order chi connectivity index (χ1) is 18.1. The van der Waals surface area contributed by atoms with Crippen LogP contribution < -0.4 is 15.8 Å². The Labute approximate surface area is 212 Å². The summed E-state index contributed by atoms with van der Waals surface area (Å²) >= 11 is 0. The van der Waals surface area contributed by atoms with Gasteiger partial charge in [-0.05, 0) is 36.4 Å². The second-order valence-corrected chi connectivity index (χ2v) is 9.40. The number of ether oxygens (including phenoxy) is 1. The molecular weight excluding hydrogens is 470 g/mol. The molecule has 10 nitrogen and oxygen atoms in total. The first kappa shape index (κ1) is 21.6. The number of carbonyl (C=O) groups excluding carboxylic acids is 2. The Balaban J connectivity index is 1.05. The van der Waals surface area contributed by atoms with Gasteiger partial charge in [0.25, 0.3) is 11.8 Å². The minimum absolute atomic E-state index is 0.0711. The Morgan fingerprint density at radius 3 is 2.49 bits per heavy atom.